The van der Waals surface area contributed by atoms with Gasteiger partial charge in [-0.15, -0.1) is 0 Å². The van der Waals surface area contributed by atoms with Gasteiger partial charge in [0.2, 0.25) is 5.82 Å². The zero-order valence-corrected chi connectivity index (χ0v) is 11.5. The van der Waals surface area contributed by atoms with Gasteiger partial charge in [-0.05, 0) is 13.8 Å². The topological polar surface area (TPSA) is 86.6 Å². The molecule has 0 aliphatic carbocycles. The summed E-state index contributed by atoms with van der Waals surface area (Å²) in [5.74, 6) is 1.06. The Morgan fingerprint density at radius 2 is 2.37 bits per heavy atom. The Labute approximate surface area is 113 Å². The molecule has 0 aromatic carbocycles. The molecule has 0 radical (unpaired) electrons. The van der Waals surface area contributed by atoms with E-state index in [1.165, 1.54) is 0 Å². The minimum absolute atomic E-state index is 0.122. The summed E-state index contributed by atoms with van der Waals surface area (Å²) in [6.45, 7) is 8.03. The third kappa shape index (κ3) is 3.97. The van der Waals surface area contributed by atoms with Crippen LogP contribution in [0.4, 0.5) is 0 Å². The van der Waals surface area contributed by atoms with Crippen LogP contribution in [0.3, 0.4) is 0 Å². The summed E-state index contributed by atoms with van der Waals surface area (Å²) in [6, 6.07) is 0.491. The van der Waals surface area contributed by atoms with E-state index in [4.69, 9.17) is 19.7 Å². The van der Waals surface area contributed by atoms with Crippen molar-refractivity contribution in [3.63, 3.8) is 0 Å². The first-order valence-corrected chi connectivity index (χ1v) is 6.66. The van der Waals surface area contributed by atoms with Crippen LogP contribution in [-0.2, 0) is 16.1 Å². The van der Waals surface area contributed by atoms with Crippen LogP contribution < -0.4 is 5.73 Å². The van der Waals surface area contributed by atoms with E-state index in [1.54, 1.807) is 0 Å². The molecule has 1 aromatic rings. The van der Waals surface area contributed by atoms with Crippen LogP contribution in [-0.4, -0.2) is 53.9 Å². The lowest BCUT2D eigenvalue weighted by atomic mass is 10.2. The highest BCUT2D eigenvalue weighted by Gasteiger charge is 2.27. The maximum Gasteiger partial charge on any atom is 0.252 e. The molecule has 7 nitrogen and oxygen atoms in total. The molecule has 108 valence electrons. The standard InChI is InChI=1S/C12H22N4O3/c1-9(2)16-4-6-18-10(7-16)12-14-11(19-15-12)8-17-5-3-13/h9-10H,3-8,13H2,1-2H3. The van der Waals surface area contributed by atoms with Gasteiger partial charge in [-0.25, -0.2) is 0 Å². The molecular formula is C12H22N4O3. The predicted molar refractivity (Wildman–Crippen MR) is 68.4 cm³/mol. The van der Waals surface area contributed by atoms with Crippen LogP contribution >= 0.6 is 0 Å². The third-order valence-corrected chi connectivity index (χ3v) is 3.09. The summed E-state index contributed by atoms with van der Waals surface area (Å²) in [6.07, 6.45) is -0.122. The highest BCUT2D eigenvalue weighted by Crippen LogP contribution is 2.21. The molecule has 1 atom stereocenters. The van der Waals surface area contributed by atoms with Crippen molar-refractivity contribution in [3.05, 3.63) is 11.7 Å². The fraction of sp³-hybridized carbons (Fsp3) is 0.833. The Balaban J connectivity index is 1.90. The van der Waals surface area contributed by atoms with E-state index in [0.717, 1.165) is 13.1 Å². The van der Waals surface area contributed by atoms with Crippen molar-refractivity contribution in [2.24, 2.45) is 5.73 Å². The second kappa shape index (κ2) is 6.95. The van der Waals surface area contributed by atoms with Crippen molar-refractivity contribution in [1.82, 2.24) is 15.0 Å². The lowest BCUT2D eigenvalue weighted by Gasteiger charge is -2.34. The first kappa shape index (κ1) is 14.4. The van der Waals surface area contributed by atoms with Gasteiger partial charge < -0.3 is 19.7 Å². The van der Waals surface area contributed by atoms with Crippen LogP contribution in [0.15, 0.2) is 4.52 Å². The van der Waals surface area contributed by atoms with Crippen LogP contribution in [0.2, 0.25) is 0 Å². The number of rotatable bonds is 6. The first-order chi connectivity index (χ1) is 9.20. The van der Waals surface area contributed by atoms with Gasteiger partial charge in [-0.1, -0.05) is 5.16 Å². The Morgan fingerprint density at radius 3 is 3.11 bits per heavy atom. The molecule has 1 aromatic heterocycles. The number of hydrogen-bond acceptors (Lipinski definition) is 7. The number of aromatic nitrogens is 2. The van der Waals surface area contributed by atoms with Gasteiger partial charge in [0.05, 0.1) is 13.2 Å². The maximum atomic E-state index is 5.70. The van der Waals surface area contributed by atoms with Crippen molar-refractivity contribution in [2.75, 3.05) is 32.8 Å². The molecule has 7 heteroatoms. The Kier molecular flexibility index (Phi) is 5.26. The molecule has 1 saturated heterocycles. The van der Waals surface area contributed by atoms with E-state index in [2.05, 4.69) is 28.9 Å². The van der Waals surface area contributed by atoms with Gasteiger partial charge in [0.25, 0.3) is 5.89 Å². The van der Waals surface area contributed by atoms with Gasteiger partial charge >= 0.3 is 0 Å². The molecule has 0 amide bonds. The summed E-state index contributed by atoms with van der Waals surface area (Å²) in [5, 5.41) is 3.96. The van der Waals surface area contributed by atoms with Crippen molar-refractivity contribution < 1.29 is 14.0 Å². The molecule has 2 heterocycles. The fourth-order valence-corrected chi connectivity index (χ4v) is 1.99. The van der Waals surface area contributed by atoms with Crippen molar-refractivity contribution in [2.45, 2.75) is 32.6 Å². The number of morpholine rings is 1. The summed E-state index contributed by atoms with van der Waals surface area (Å²) < 4.78 is 16.1. The quantitative estimate of drug-likeness (QED) is 0.745. The summed E-state index contributed by atoms with van der Waals surface area (Å²) >= 11 is 0. The van der Waals surface area contributed by atoms with E-state index < -0.39 is 0 Å². The maximum absolute atomic E-state index is 5.70. The zero-order chi connectivity index (χ0) is 13.7. The lowest BCUT2D eigenvalue weighted by molar-refractivity contribution is -0.0450. The van der Waals surface area contributed by atoms with Crippen molar-refractivity contribution >= 4 is 0 Å². The molecule has 2 N–H and O–H groups in total. The Morgan fingerprint density at radius 1 is 1.53 bits per heavy atom. The van der Waals surface area contributed by atoms with E-state index in [0.29, 0.717) is 44.1 Å². The minimum Gasteiger partial charge on any atom is -0.370 e. The normalized spacial score (nSPS) is 21.2. The number of ether oxygens (including phenoxy) is 2. The van der Waals surface area contributed by atoms with Gasteiger partial charge in [0.15, 0.2) is 0 Å². The van der Waals surface area contributed by atoms with Crippen LogP contribution in [0.1, 0.15) is 31.7 Å². The molecule has 2 rings (SSSR count). The van der Waals surface area contributed by atoms with E-state index in [1.807, 2.05) is 0 Å². The van der Waals surface area contributed by atoms with Crippen LogP contribution in [0.25, 0.3) is 0 Å². The van der Waals surface area contributed by atoms with Gasteiger partial charge in [-0.3, -0.25) is 4.90 Å². The predicted octanol–water partition coefficient (Wildman–Crippen LogP) is 0.327. The molecule has 0 bridgehead atoms. The fourth-order valence-electron chi connectivity index (χ4n) is 1.99. The Bertz CT molecular complexity index is 383. The summed E-state index contributed by atoms with van der Waals surface area (Å²) in [7, 11) is 0. The molecule has 1 aliphatic heterocycles. The van der Waals surface area contributed by atoms with Gasteiger partial charge in [-0.2, -0.15) is 4.98 Å². The average molecular weight is 270 g/mol. The molecule has 1 fully saturated rings. The second-order valence-corrected chi connectivity index (χ2v) is 4.84. The number of nitrogens with zero attached hydrogens (tertiary/aromatic N) is 3. The summed E-state index contributed by atoms with van der Waals surface area (Å²) in [5.41, 5.74) is 5.34. The van der Waals surface area contributed by atoms with Gasteiger partial charge in [0, 0.05) is 25.7 Å². The third-order valence-electron chi connectivity index (χ3n) is 3.09. The second-order valence-electron chi connectivity index (χ2n) is 4.84. The smallest absolute Gasteiger partial charge is 0.252 e. The molecule has 0 spiro atoms. The highest BCUT2D eigenvalue weighted by molar-refractivity contribution is 4.94. The van der Waals surface area contributed by atoms with E-state index >= 15 is 0 Å². The largest absolute Gasteiger partial charge is 0.370 e. The van der Waals surface area contributed by atoms with Crippen LogP contribution in [0, 0.1) is 0 Å². The van der Waals surface area contributed by atoms with Gasteiger partial charge in [0.1, 0.15) is 12.7 Å². The lowest BCUT2D eigenvalue weighted by Crippen LogP contribution is -2.42. The number of nitrogens with two attached hydrogens (primary N) is 1. The highest BCUT2D eigenvalue weighted by atomic mass is 16.5. The molecule has 1 aliphatic rings. The van der Waals surface area contributed by atoms with E-state index in [-0.39, 0.29) is 6.10 Å². The number of hydrogen-bond donors (Lipinski definition) is 1. The van der Waals surface area contributed by atoms with Crippen LogP contribution in [0.5, 0.6) is 0 Å². The average Bonchev–Trinajstić information content (AvgIpc) is 2.88. The van der Waals surface area contributed by atoms with Crippen molar-refractivity contribution in [3.8, 4) is 0 Å². The van der Waals surface area contributed by atoms with E-state index in [9.17, 15) is 0 Å². The summed E-state index contributed by atoms with van der Waals surface area (Å²) in [4.78, 5) is 6.65. The molecule has 1 unspecified atom stereocenters. The Hall–Kier alpha value is -1.02. The SMILES string of the molecule is CC(C)N1CCOC(c2noc(COCCN)n2)C1. The zero-order valence-electron chi connectivity index (χ0n) is 11.5. The monoisotopic (exact) mass is 270 g/mol. The minimum atomic E-state index is -0.122. The van der Waals surface area contributed by atoms with Crippen molar-refractivity contribution in [1.29, 1.82) is 0 Å². The molecule has 0 saturated carbocycles. The molecule has 19 heavy (non-hydrogen) atoms. The first-order valence-electron chi connectivity index (χ1n) is 6.66. The molecular weight excluding hydrogens is 248 g/mol.